The first kappa shape index (κ1) is 14.1. The third-order valence-corrected chi connectivity index (χ3v) is 4.18. The molecule has 0 saturated heterocycles. The largest absolute Gasteiger partial charge is 0.298 e. The summed E-state index contributed by atoms with van der Waals surface area (Å²) in [4.78, 5) is 16.4. The van der Waals surface area contributed by atoms with Crippen molar-refractivity contribution in [3.63, 3.8) is 0 Å². The first-order valence-corrected chi connectivity index (χ1v) is 7.75. The van der Waals surface area contributed by atoms with Crippen LogP contribution in [0, 0.1) is 5.92 Å². The van der Waals surface area contributed by atoms with Gasteiger partial charge in [-0.1, -0.05) is 38.1 Å². The number of carbonyl (C=O) groups is 1. The molecular weight excluding hydrogens is 254 g/mol. The number of pyridine rings is 1. The Kier molecular flexibility index (Phi) is 4.97. The summed E-state index contributed by atoms with van der Waals surface area (Å²) in [7, 11) is 0. The van der Waals surface area contributed by atoms with Crippen LogP contribution in [0.4, 0.5) is 0 Å². The molecule has 2 rings (SSSR count). The summed E-state index contributed by atoms with van der Waals surface area (Å²) < 4.78 is 0. The fourth-order valence-electron chi connectivity index (χ4n) is 1.87. The van der Waals surface area contributed by atoms with Gasteiger partial charge in [0.15, 0.2) is 0 Å². The van der Waals surface area contributed by atoms with Gasteiger partial charge in [-0.2, -0.15) is 11.8 Å². The standard InChI is InChI=1S/C16H19NOS/c1-12(2)10-19-11-15(18)9-14-8-7-13-5-3-4-6-16(13)17-14/h3-8,12H,9-11H2,1-2H3. The van der Waals surface area contributed by atoms with Gasteiger partial charge in [0.1, 0.15) is 5.78 Å². The van der Waals surface area contributed by atoms with E-state index in [2.05, 4.69) is 18.8 Å². The van der Waals surface area contributed by atoms with Crippen molar-refractivity contribution < 1.29 is 4.79 Å². The maximum Gasteiger partial charge on any atom is 0.148 e. The van der Waals surface area contributed by atoms with Crippen LogP contribution in [0.25, 0.3) is 10.9 Å². The van der Waals surface area contributed by atoms with Gasteiger partial charge in [0.05, 0.1) is 11.3 Å². The predicted molar refractivity (Wildman–Crippen MR) is 82.6 cm³/mol. The van der Waals surface area contributed by atoms with Crippen LogP contribution in [0.2, 0.25) is 0 Å². The lowest BCUT2D eigenvalue weighted by Gasteiger charge is -2.04. The smallest absolute Gasteiger partial charge is 0.148 e. The van der Waals surface area contributed by atoms with Crippen LogP contribution in [-0.2, 0) is 11.2 Å². The Morgan fingerprint density at radius 2 is 2.00 bits per heavy atom. The lowest BCUT2D eigenvalue weighted by molar-refractivity contribution is -0.116. The van der Waals surface area contributed by atoms with E-state index in [1.165, 1.54) is 0 Å². The van der Waals surface area contributed by atoms with Gasteiger partial charge in [0.25, 0.3) is 0 Å². The number of thioether (sulfide) groups is 1. The molecule has 0 bridgehead atoms. The first-order valence-electron chi connectivity index (χ1n) is 6.59. The van der Waals surface area contributed by atoms with Crippen LogP contribution >= 0.6 is 11.8 Å². The van der Waals surface area contributed by atoms with Gasteiger partial charge in [-0.15, -0.1) is 0 Å². The van der Waals surface area contributed by atoms with Gasteiger partial charge in [-0.05, 0) is 23.8 Å². The van der Waals surface area contributed by atoms with E-state index in [1.807, 2.05) is 36.4 Å². The first-order chi connectivity index (χ1) is 9.15. The highest BCUT2D eigenvalue weighted by atomic mass is 32.2. The van der Waals surface area contributed by atoms with Crippen molar-refractivity contribution in [2.45, 2.75) is 20.3 Å². The summed E-state index contributed by atoms with van der Waals surface area (Å²) in [6.45, 7) is 4.34. The summed E-state index contributed by atoms with van der Waals surface area (Å²) in [5.74, 6) is 2.52. The number of Topliss-reactive ketones (excluding diaryl/α,β-unsaturated/α-hetero) is 1. The van der Waals surface area contributed by atoms with Crippen molar-refractivity contribution in [1.82, 2.24) is 4.98 Å². The molecule has 0 aliphatic rings. The molecule has 1 heterocycles. The molecule has 0 aliphatic heterocycles. The Morgan fingerprint density at radius 3 is 2.79 bits per heavy atom. The van der Waals surface area contributed by atoms with E-state index in [0.29, 0.717) is 18.1 Å². The van der Waals surface area contributed by atoms with Gasteiger partial charge in [-0.25, -0.2) is 0 Å². The molecule has 0 N–H and O–H groups in total. The van der Waals surface area contributed by atoms with E-state index in [0.717, 1.165) is 22.3 Å². The predicted octanol–water partition coefficient (Wildman–Crippen LogP) is 3.74. The molecule has 0 amide bonds. The highest BCUT2D eigenvalue weighted by Gasteiger charge is 2.06. The normalized spacial score (nSPS) is 11.1. The van der Waals surface area contributed by atoms with Gasteiger partial charge in [0.2, 0.25) is 0 Å². The highest BCUT2D eigenvalue weighted by Crippen LogP contribution is 2.13. The molecule has 1 aromatic heterocycles. The van der Waals surface area contributed by atoms with Crippen molar-refractivity contribution in [3.8, 4) is 0 Å². The molecule has 3 heteroatoms. The van der Waals surface area contributed by atoms with E-state index in [9.17, 15) is 4.79 Å². The molecule has 0 unspecified atom stereocenters. The number of ketones is 1. The van der Waals surface area contributed by atoms with E-state index in [1.54, 1.807) is 11.8 Å². The molecule has 0 aliphatic carbocycles. The summed E-state index contributed by atoms with van der Waals surface area (Å²) in [6.07, 6.45) is 0.440. The second-order valence-electron chi connectivity index (χ2n) is 5.12. The Morgan fingerprint density at radius 1 is 1.21 bits per heavy atom. The molecule has 1 aromatic carbocycles. The number of para-hydroxylation sites is 1. The number of rotatable bonds is 6. The Hall–Kier alpha value is -1.35. The van der Waals surface area contributed by atoms with Crippen LogP contribution < -0.4 is 0 Å². The van der Waals surface area contributed by atoms with Crippen LogP contribution in [0.1, 0.15) is 19.5 Å². The fourth-order valence-corrected chi connectivity index (χ4v) is 2.79. The summed E-state index contributed by atoms with van der Waals surface area (Å²) >= 11 is 1.72. The lowest BCUT2D eigenvalue weighted by atomic mass is 10.1. The number of fused-ring (bicyclic) bond motifs is 1. The van der Waals surface area contributed by atoms with Crippen molar-refractivity contribution >= 4 is 28.4 Å². The van der Waals surface area contributed by atoms with Crippen molar-refractivity contribution in [1.29, 1.82) is 0 Å². The quantitative estimate of drug-likeness (QED) is 0.803. The Labute approximate surface area is 118 Å². The second-order valence-corrected chi connectivity index (χ2v) is 6.15. The molecule has 19 heavy (non-hydrogen) atoms. The molecule has 0 radical (unpaired) electrons. The fraction of sp³-hybridized carbons (Fsp3) is 0.375. The molecule has 2 nitrogen and oxygen atoms in total. The molecule has 0 spiro atoms. The van der Waals surface area contributed by atoms with E-state index in [4.69, 9.17) is 0 Å². The topological polar surface area (TPSA) is 30.0 Å². The third kappa shape index (κ3) is 4.35. The number of hydrogen-bond donors (Lipinski definition) is 0. The van der Waals surface area contributed by atoms with Crippen molar-refractivity contribution in [3.05, 3.63) is 42.1 Å². The number of benzene rings is 1. The van der Waals surface area contributed by atoms with E-state index >= 15 is 0 Å². The highest BCUT2D eigenvalue weighted by molar-refractivity contribution is 7.99. The lowest BCUT2D eigenvalue weighted by Crippen LogP contribution is -2.08. The molecule has 2 aromatic rings. The van der Waals surface area contributed by atoms with Crippen LogP contribution in [-0.4, -0.2) is 22.3 Å². The average Bonchev–Trinajstić information content (AvgIpc) is 2.38. The maximum absolute atomic E-state index is 11.9. The number of hydrogen-bond acceptors (Lipinski definition) is 3. The van der Waals surface area contributed by atoms with Crippen molar-refractivity contribution in [2.24, 2.45) is 5.92 Å². The minimum absolute atomic E-state index is 0.258. The molecule has 0 atom stereocenters. The Bertz CT molecular complexity index is 565. The minimum atomic E-state index is 0.258. The zero-order valence-corrected chi connectivity index (χ0v) is 12.2. The third-order valence-electron chi connectivity index (χ3n) is 2.75. The van der Waals surface area contributed by atoms with E-state index in [-0.39, 0.29) is 5.78 Å². The van der Waals surface area contributed by atoms with Gasteiger partial charge in [0, 0.05) is 17.5 Å². The molecule has 100 valence electrons. The summed E-state index contributed by atoms with van der Waals surface area (Å²) in [5, 5.41) is 1.12. The van der Waals surface area contributed by atoms with Crippen LogP contribution in [0.5, 0.6) is 0 Å². The zero-order chi connectivity index (χ0) is 13.7. The van der Waals surface area contributed by atoms with Gasteiger partial charge < -0.3 is 0 Å². The summed E-state index contributed by atoms with van der Waals surface area (Å²) in [6, 6.07) is 12.0. The SMILES string of the molecule is CC(C)CSCC(=O)Cc1ccc2ccccc2n1. The molecule has 0 fully saturated rings. The monoisotopic (exact) mass is 273 g/mol. The molecular formula is C16H19NOS. The average molecular weight is 273 g/mol. The zero-order valence-electron chi connectivity index (χ0n) is 11.4. The van der Waals surface area contributed by atoms with Crippen molar-refractivity contribution in [2.75, 3.05) is 11.5 Å². The number of nitrogens with zero attached hydrogens (tertiary/aromatic N) is 1. The second kappa shape index (κ2) is 6.71. The number of carbonyl (C=O) groups excluding carboxylic acids is 1. The minimum Gasteiger partial charge on any atom is -0.298 e. The van der Waals surface area contributed by atoms with Gasteiger partial charge in [-0.3, -0.25) is 9.78 Å². The molecule has 0 saturated carbocycles. The number of aromatic nitrogens is 1. The van der Waals surface area contributed by atoms with E-state index < -0.39 is 0 Å². The maximum atomic E-state index is 11.9. The summed E-state index contributed by atoms with van der Waals surface area (Å²) in [5.41, 5.74) is 1.83. The van der Waals surface area contributed by atoms with Gasteiger partial charge >= 0.3 is 0 Å². The van der Waals surface area contributed by atoms with Crippen LogP contribution in [0.3, 0.4) is 0 Å². The Balaban J connectivity index is 1.95. The van der Waals surface area contributed by atoms with Crippen LogP contribution in [0.15, 0.2) is 36.4 Å².